The fourth-order valence-corrected chi connectivity index (χ4v) is 3.17. The molecule has 1 aromatic rings. The standard InChI is InChI=1S/C11H8Cl2N2S.ClH/c12-4-9-6-16-11-14-10-3-8(13)2-1-7(10)5-15(9)11;/h1-3,6H,4-5H2;1H. The number of alkyl halides is 1. The van der Waals surface area contributed by atoms with E-state index >= 15 is 0 Å². The third kappa shape index (κ3) is 2.29. The molecule has 0 fully saturated rings. The molecule has 2 nitrogen and oxygen atoms in total. The smallest absolute Gasteiger partial charge is 0.173 e. The predicted octanol–water partition coefficient (Wildman–Crippen LogP) is 4.39. The predicted molar refractivity (Wildman–Crippen MR) is 77.7 cm³/mol. The van der Waals surface area contributed by atoms with Crippen molar-refractivity contribution in [1.82, 2.24) is 4.90 Å². The number of fused-ring (bicyclic) bond motifs is 2. The molecule has 0 unspecified atom stereocenters. The zero-order chi connectivity index (χ0) is 11.1. The number of thioether (sulfide) groups is 1. The van der Waals surface area contributed by atoms with Gasteiger partial charge < -0.3 is 4.90 Å². The van der Waals surface area contributed by atoms with Crippen molar-refractivity contribution in [2.45, 2.75) is 6.54 Å². The zero-order valence-corrected chi connectivity index (χ0v) is 11.8. The maximum Gasteiger partial charge on any atom is 0.173 e. The lowest BCUT2D eigenvalue weighted by atomic mass is 10.1. The van der Waals surface area contributed by atoms with Gasteiger partial charge in [0.1, 0.15) is 0 Å². The van der Waals surface area contributed by atoms with Crippen LogP contribution in [-0.2, 0) is 6.54 Å². The van der Waals surface area contributed by atoms with Crippen molar-refractivity contribution >= 4 is 58.2 Å². The molecule has 0 bridgehead atoms. The minimum atomic E-state index is 0. The minimum absolute atomic E-state index is 0. The maximum atomic E-state index is 5.95. The molecule has 1 aromatic carbocycles. The molecule has 0 N–H and O–H groups in total. The lowest BCUT2D eigenvalue weighted by Gasteiger charge is -2.26. The largest absolute Gasteiger partial charge is 0.318 e. The summed E-state index contributed by atoms with van der Waals surface area (Å²) < 4.78 is 0. The molecule has 0 aromatic heterocycles. The highest BCUT2D eigenvalue weighted by Crippen LogP contribution is 2.37. The number of hydrogen-bond donors (Lipinski definition) is 0. The average molecular weight is 308 g/mol. The fourth-order valence-electron chi connectivity index (χ4n) is 1.78. The Morgan fingerprint density at radius 2 is 2.24 bits per heavy atom. The topological polar surface area (TPSA) is 15.6 Å². The van der Waals surface area contributed by atoms with E-state index in [1.807, 2.05) is 18.2 Å². The first-order chi connectivity index (χ1) is 7.78. The second-order valence-electron chi connectivity index (χ2n) is 3.61. The first-order valence-electron chi connectivity index (χ1n) is 4.84. The molecule has 0 amide bonds. The summed E-state index contributed by atoms with van der Waals surface area (Å²) in [5.74, 6) is 0.523. The summed E-state index contributed by atoms with van der Waals surface area (Å²) in [4.78, 5) is 6.72. The minimum Gasteiger partial charge on any atom is -0.318 e. The van der Waals surface area contributed by atoms with E-state index in [0.29, 0.717) is 5.88 Å². The first kappa shape index (κ1) is 13.1. The van der Waals surface area contributed by atoms with Crippen LogP contribution in [0.3, 0.4) is 0 Å². The molecule has 2 aliphatic rings. The van der Waals surface area contributed by atoms with E-state index in [9.17, 15) is 0 Å². The third-order valence-electron chi connectivity index (χ3n) is 2.61. The van der Waals surface area contributed by atoms with Crippen molar-refractivity contribution in [3.8, 4) is 0 Å². The molecule has 3 rings (SSSR count). The Bertz CT molecular complexity index is 513. The fraction of sp³-hybridized carbons (Fsp3) is 0.182. The Morgan fingerprint density at radius 3 is 3.00 bits per heavy atom. The number of allylic oxidation sites excluding steroid dienone is 1. The van der Waals surface area contributed by atoms with Crippen molar-refractivity contribution in [2.24, 2.45) is 4.99 Å². The lowest BCUT2D eigenvalue weighted by molar-refractivity contribution is 0.518. The summed E-state index contributed by atoms with van der Waals surface area (Å²) in [7, 11) is 0. The highest BCUT2D eigenvalue weighted by atomic mass is 35.5. The molecule has 0 aliphatic carbocycles. The van der Waals surface area contributed by atoms with Gasteiger partial charge in [0, 0.05) is 10.7 Å². The molecule has 0 atom stereocenters. The van der Waals surface area contributed by atoms with Crippen LogP contribution in [0.4, 0.5) is 5.69 Å². The Balaban J connectivity index is 0.00000108. The average Bonchev–Trinajstić information content (AvgIpc) is 2.68. The lowest BCUT2D eigenvalue weighted by Crippen LogP contribution is -2.26. The molecule has 90 valence electrons. The van der Waals surface area contributed by atoms with E-state index < -0.39 is 0 Å². The van der Waals surface area contributed by atoms with Gasteiger partial charge in [0.05, 0.1) is 18.1 Å². The first-order valence-corrected chi connectivity index (χ1v) is 6.63. The van der Waals surface area contributed by atoms with Crippen LogP contribution in [0, 0.1) is 0 Å². The van der Waals surface area contributed by atoms with E-state index in [-0.39, 0.29) is 12.4 Å². The van der Waals surface area contributed by atoms with Crippen LogP contribution in [-0.4, -0.2) is 15.9 Å². The van der Waals surface area contributed by atoms with Crippen LogP contribution in [0.1, 0.15) is 5.56 Å². The number of hydrogen-bond acceptors (Lipinski definition) is 3. The molecule has 0 saturated heterocycles. The van der Waals surface area contributed by atoms with Crippen LogP contribution >= 0.6 is 47.4 Å². The van der Waals surface area contributed by atoms with Gasteiger partial charge in [-0.1, -0.05) is 29.4 Å². The van der Waals surface area contributed by atoms with Crippen LogP contribution in [0.15, 0.2) is 34.3 Å². The van der Waals surface area contributed by atoms with Gasteiger partial charge in [0.2, 0.25) is 0 Å². The number of benzene rings is 1. The number of halogens is 3. The summed E-state index contributed by atoms with van der Waals surface area (Å²) in [6.07, 6.45) is 0. The van der Waals surface area contributed by atoms with Crippen molar-refractivity contribution < 1.29 is 0 Å². The van der Waals surface area contributed by atoms with Gasteiger partial charge in [-0.3, -0.25) is 0 Å². The number of aliphatic imine (C=N–C) groups is 1. The third-order valence-corrected chi connectivity index (χ3v) is 4.03. The molecular formula is C11H9Cl3N2S. The Morgan fingerprint density at radius 1 is 1.41 bits per heavy atom. The normalized spacial score (nSPS) is 16.7. The molecule has 0 saturated carbocycles. The highest BCUT2D eigenvalue weighted by Gasteiger charge is 2.26. The number of amidine groups is 1. The van der Waals surface area contributed by atoms with Gasteiger partial charge in [-0.15, -0.1) is 24.0 Å². The van der Waals surface area contributed by atoms with Crippen molar-refractivity contribution in [2.75, 3.05) is 5.88 Å². The molecule has 2 aliphatic heterocycles. The molecule has 6 heteroatoms. The Hall–Kier alpha value is -0.350. The van der Waals surface area contributed by atoms with Crippen LogP contribution < -0.4 is 0 Å². The summed E-state index contributed by atoms with van der Waals surface area (Å²) in [6.45, 7) is 0.830. The molecule has 0 spiro atoms. The van der Waals surface area contributed by atoms with Gasteiger partial charge in [0.15, 0.2) is 5.17 Å². The second kappa shape index (κ2) is 5.11. The monoisotopic (exact) mass is 306 g/mol. The maximum absolute atomic E-state index is 5.95. The van der Waals surface area contributed by atoms with Gasteiger partial charge in [0.25, 0.3) is 0 Å². The van der Waals surface area contributed by atoms with Gasteiger partial charge in [-0.2, -0.15) is 0 Å². The van der Waals surface area contributed by atoms with E-state index in [1.54, 1.807) is 11.8 Å². The van der Waals surface area contributed by atoms with E-state index in [1.165, 1.54) is 5.56 Å². The molecule has 17 heavy (non-hydrogen) atoms. The molecular weight excluding hydrogens is 299 g/mol. The van der Waals surface area contributed by atoms with Gasteiger partial charge in [-0.05, 0) is 23.1 Å². The summed E-state index contributed by atoms with van der Waals surface area (Å²) in [5, 5.41) is 3.77. The van der Waals surface area contributed by atoms with Crippen LogP contribution in [0.25, 0.3) is 0 Å². The van der Waals surface area contributed by atoms with Gasteiger partial charge in [-0.25, -0.2) is 4.99 Å². The zero-order valence-electron chi connectivity index (χ0n) is 8.69. The van der Waals surface area contributed by atoms with Crippen LogP contribution in [0.5, 0.6) is 0 Å². The van der Waals surface area contributed by atoms with Crippen molar-refractivity contribution in [3.05, 3.63) is 39.9 Å². The summed E-state index contributed by atoms with van der Waals surface area (Å²) >= 11 is 13.4. The van der Waals surface area contributed by atoms with E-state index in [0.717, 1.165) is 28.1 Å². The van der Waals surface area contributed by atoms with E-state index in [4.69, 9.17) is 23.2 Å². The van der Waals surface area contributed by atoms with Gasteiger partial charge >= 0.3 is 0 Å². The number of rotatable bonds is 1. The SMILES string of the molecule is Cl.ClCC1=CSC2=Nc3cc(Cl)ccc3CN12. The summed E-state index contributed by atoms with van der Waals surface area (Å²) in [5.41, 5.74) is 3.27. The van der Waals surface area contributed by atoms with Crippen molar-refractivity contribution in [1.29, 1.82) is 0 Å². The molecule has 0 radical (unpaired) electrons. The highest BCUT2D eigenvalue weighted by molar-refractivity contribution is 8.16. The van der Waals surface area contributed by atoms with E-state index in [2.05, 4.69) is 15.3 Å². The number of nitrogens with zero attached hydrogens (tertiary/aromatic N) is 2. The Kier molecular flexibility index (Phi) is 3.93. The second-order valence-corrected chi connectivity index (χ2v) is 5.15. The quantitative estimate of drug-likeness (QED) is 0.715. The van der Waals surface area contributed by atoms with Crippen LogP contribution in [0.2, 0.25) is 5.02 Å². The molecule has 2 heterocycles. The van der Waals surface area contributed by atoms with Crippen molar-refractivity contribution in [3.63, 3.8) is 0 Å². The summed E-state index contributed by atoms with van der Waals surface area (Å²) in [6, 6.07) is 5.82. The Labute approximate surface area is 120 Å².